The Morgan fingerprint density at radius 1 is 0.917 bits per heavy atom. The Balaban J connectivity index is 1.59. The molecule has 0 unspecified atom stereocenters. The van der Waals surface area contributed by atoms with E-state index in [2.05, 4.69) is 15.8 Å². The Morgan fingerprint density at radius 2 is 1.67 bits per heavy atom. The van der Waals surface area contributed by atoms with Gasteiger partial charge in [-0.05, 0) is 73.2 Å². The third-order valence-electron chi connectivity index (χ3n) is 4.55. The molecule has 186 valence electrons. The van der Waals surface area contributed by atoms with E-state index in [0.717, 1.165) is 0 Å². The zero-order chi connectivity index (χ0) is 26.1. The molecule has 9 nitrogen and oxygen atoms in total. The summed E-state index contributed by atoms with van der Waals surface area (Å²) >= 11 is 11.7. The first kappa shape index (κ1) is 26.5. The van der Waals surface area contributed by atoms with Crippen LogP contribution in [0.1, 0.15) is 22.8 Å². The summed E-state index contributed by atoms with van der Waals surface area (Å²) in [7, 11) is 1.42. The van der Waals surface area contributed by atoms with Gasteiger partial charge in [0.05, 0.1) is 35.5 Å². The van der Waals surface area contributed by atoms with Crippen molar-refractivity contribution in [1.82, 2.24) is 5.43 Å². The first-order valence-corrected chi connectivity index (χ1v) is 11.3. The molecule has 36 heavy (non-hydrogen) atoms. The second-order valence-corrected chi connectivity index (χ2v) is 7.85. The van der Waals surface area contributed by atoms with Crippen LogP contribution in [0.2, 0.25) is 10.0 Å². The van der Waals surface area contributed by atoms with Crippen LogP contribution in [0.5, 0.6) is 17.2 Å². The Hall–Kier alpha value is -4.08. The van der Waals surface area contributed by atoms with E-state index in [1.807, 2.05) is 6.92 Å². The number of ether oxygens (including phenoxy) is 3. The lowest BCUT2D eigenvalue weighted by Crippen LogP contribution is -2.32. The maximum absolute atomic E-state index is 12.5. The van der Waals surface area contributed by atoms with Gasteiger partial charge < -0.3 is 19.5 Å². The number of carbonyl (C=O) groups is 3. The van der Waals surface area contributed by atoms with Crippen LogP contribution in [0.25, 0.3) is 0 Å². The van der Waals surface area contributed by atoms with E-state index in [-0.39, 0.29) is 16.5 Å². The molecule has 0 bridgehead atoms. The number of nitrogens with one attached hydrogen (secondary N) is 2. The van der Waals surface area contributed by atoms with Crippen LogP contribution >= 0.6 is 23.2 Å². The summed E-state index contributed by atoms with van der Waals surface area (Å²) in [5, 5.41) is 6.69. The molecule has 0 aliphatic heterocycles. The molecule has 0 aromatic heterocycles. The SMILES string of the molecule is CCOc1ccc(C(=O)Oc2ccc(/C=N\NC(=O)C(=O)Nc3ccc(Cl)c(Cl)c3)cc2OC)cc1. The van der Waals surface area contributed by atoms with Crippen LogP contribution in [-0.2, 0) is 9.59 Å². The lowest BCUT2D eigenvalue weighted by molar-refractivity contribution is -0.136. The molecule has 0 aliphatic carbocycles. The summed E-state index contributed by atoms with van der Waals surface area (Å²) < 4.78 is 16.1. The number of halogens is 2. The predicted octanol–water partition coefficient (Wildman–Crippen LogP) is 4.71. The first-order chi connectivity index (χ1) is 17.3. The third-order valence-corrected chi connectivity index (χ3v) is 5.29. The summed E-state index contributed by atoms with van der Waals surface area (Å²) in [6.45, 7) is 2.39. The molecule has 0 saturated heterocycles. The van der Waals surface area contributed by atoms with Crippen molar-refractivity contribution in [2.75, 3.05) is 19.0 Å². The van der Waals surface area contributed by atoms with Gasteiger partial charge in [0.2, 0.25) is 0 Å². The molecule has 0 radical (unpaired) electrons. The maximum atomic E-state index is 12.5. The Kier molecular flexibility index (Phi) is 9.26. The number of nitrogens with zero attached hydrogens (tertiary/aromatic N) is 1. The largest absolute Gasteiger partial charge is 0.494 e. The van der Waals surface area contributed by atoms with Crippen molar-refractivity contribution < 1.29 is 28.6 Å². The van der Waals surface area contributed by atoms with Crippen LogP contribution in [0.4, 0.5) is 5.69 Å². The number of rotatable bonds is 8. The van der Waals surface area contributed by atoms with Crippen molar-refractivity contribution in [3.8, 4) is 17.2 Å². The number of benzene rings is 3. The van der Waals surface area contributed by atoms with Gasteiger partial charge in [-0.1, -0.05) is 23.2 Å². The minimum atomic E-state index is -0.995. The van der Waals surface area contributed by atoms with Crippen molar-refractivity contribution >= 4 is 52.9 Å². The van der Waals surface area contributed by atoms with Gasteiger partial charge in [-0.3, -0.25) is 9.59 Å². The van der Waals surface area contributed by atoms with Crippen LogP contribution in [0, 0.1) is 0 Å². The topological polar surface area (TPSA) is 115 Å². The number of amides is 2. The monoisotopic (exact) mass is 529 g/mol. The molecule has 0 spiro atoms. The maximum Gasteiger partial charge on any atom is 0.343 e. The standard InChI is InChI=1S/C25H21Cl2N3O6/c1-3-35-18-8-5-16(6-9-18)25(33)36-21-11-4-15(12-22(21)34-2)14-28-30-24(32)23(31)29-17-7-10-19(26)20(27)13-17/h4-14H,3H2,1-2H3,(H,29,31)(H,30,32)/b28-14-. The average molecular weight is 530 g/mol. The summed E-state index contributed by atoms with van der Waals surface area (Å²) in [4.78, 5) is 36.5. The lowest BCUT2D eigenvalue weighted by Gasteiger charge is -2.10. The number of anilines is 1. The summed E-state index contributed by atoms with van der Waals surface area (Å²) in [6, 6.07) is 15.6. The molecular formula is C25H21Cl2N3O6. The molecule has 2 N–H and O–H groups in total. The summed E-state index contributed by atoms with van der Waals surface area (Å²) in [5.74, 6) is -1.41. The van der Waals surface area contributed by atoms with Gasteiger partial charge >= 0.3 is 17.8 Å². The highest BCUT2D eigenvalue weighted by atomic mass is 35.5. The van der Waals surface area contributed by atoms with Crippen molar-refractivity contribution in [1.29, 1.82) is 0 Å². The van der Waals surface area contributed by atoms with E-state index >= 15 is 0 Å². The van der Waals surface area contributed by atoms with E-state index in [1.54, 1.807) is 36.4 Å². The lowest BCUT2D eigenvalue weighted by atomic mass is 10.2. The van der Waals surface area contributed by atoms with Crippen LogP contribution in [-0.4, -0.2) is 37.7 Å². The van der Waals surface area contributed by atoms with Crippen LogP contribution in [0.3, 0.4) is 0 Å². The molecule has 0 aliphatic rings. The van der Waals surface area contributed by atoms with Crippen LogP contribution in [0.15, 0.2) is 65.8 Å². The molecule has 0 fully saturated rings. The Morgan fingerprint density at radius 3 is 2.33 bits per heavy atom. The van der Waals surface area contributed by atoms with E-state index in [9.17, 15) is 14.4 Å². The normalized spacial score (nSPS) is 10.6. The van der Waals surface area contributed by atoms with Gasteiger partial charge in [0.25, 0.3) is 0 Å². The zero-order valence-corrected chi connectivity index (χ0v) is 20.7. The smallest absolute Gasteiger partial charge is 0.343 e. The molecular weight excluding hydrogens is 509 g/mol. The van der Waals surface area contributed by atoms with Crippen molar-refractivity contribution in [2.24, 2.45) is 5.10 Å². The summed E-state index contributed by atoms with van der Waals surface area (Å²) in [5.41, 5.74) is 3.27. The molecule has 0 saturated carbocycles. The second-order valence-electron chi connectivity index (χ2n) is 7.04. The van der Waals surface area contributed by atoms with Gasteiger partial charge in [-0.25, -0.2) is 10.2 Å². The van der Waals surface area contributed by atoms with Crippen LogP contribution < -0.4 is 25.0 Å². The highest BCUT2D eigenvalue weighted by Crippen LogP contribution is 2.29. The quantitative estimate of drug-likeness (QED) is 0.143. The number of hydrogen-bond donors (Lipinski definition) is 2. The van der Waals surface area contributed by atoms with E-state index in [1.165, 1.54) is 37.6 Å². The molecule has 0 heterocycles. The average Bonchev–Trinajstić information content (AvgIpc) is 2.87. The first-order valence-electron chi connectivity index (χ1n) is 10.5. The fraction of sp³-hybridized carbons (Fsp3) is 0.120. The van der Waals surface area contributed by atoms with Gasteiger partial charge in [-0.15, -0.1) is 0 Å². The molecule has 0 atom stereocenters. The zero-order valence-electron chi connectivity index (χ0n) is 19.2. The fourth-order valence-electron chi connectivity index (χ4n) is 2.84. The molecule has 2 amide bonds. The van der Waals surface area contributed by atoms with Crippen molar-refractivity contribution in [2.45, 2.75) is 6.92 Å². The molecule has 11 heteroatoms. The van der Waals surface area contributed by atoms with E-state index in [4.69, 9.17) is 37.4 Å². The number of hydrazone groups is 1. The van der Waals surface area contributed by atoms with Gasteiger partial charge in [0.15, 0.2) is 11.5 Å². The second kappa shape index (κ2) is 12.6. The number of hydrogen-bond acceptors (Lipinski definition) is 7. The minimum absolute atomic E-state index is 0.193. The Labute approximate surface area is 216 Å². The van der Waals surface area contributed by atoms with Gasteiger partial charge in [0.1, 0.15) is 5.75 Å². The van der Waals surface area contributed by atoms with E-state index in [0.29, 0.717) is 34.2 Å². The fourth-order valence-corrected chi connectivity index (χ4v) is 3.14. The highest BCUT2D eigenvalue weighted by molar-refractivity contribution is 6.43. The third kappa shape index (κ3) is 7.21. The molecule has 3 rings (SSSR count). The van der Waals surface area contributed by atoms with Gasteiger partial charge in [0, 0.05) is 5.69 Å². The molecule has 3 aromatic carbocycles. The van der Waals surface area contributed by atoms with E-state index < -0.39 is 17.8 Å². The summed E-state index contributed by atoms with van der Waals surface area (Å²) in [6.07, 6.45) is 1.30. The highest BCUT2D eigenvalue weighted by Gasteiger charge is 2.15. The molecule has 3 aromatic rings. The number of carbonyl (C=O) groups excluding carboxylic acids is 3. The Bertz CT molecular complexity index is 1300. The number of esters is 1. The minimum Gasteiger partial charge on any atom is -0.494 e. The number of methoxy groups -OCH3 is 1. The predicted molar refractivity (Wildman–Crippen MR) is 136 cm³/mol. The van der Waals surface area contributed by atoms with Crippen molar-refractivity contribution in [3.63, 3.8) is 0 Å². The van der Waals surface area contributed by atoms with Gasteiger partial charge in [-0.2, -0.15) is 5.10 Å². The van der Waals surface area contributed by atoms with Crippen molar-refractivity contribution in [3.05, 3.63) is 81.8 Å².